The van der Waals surface area contributed by atoms with Crippen molar-refractivity contribution < 1.29 is 54.9 Å². The third-order valence-corrected chi connectivity index (χ3v) is 7.59. The van der Waals surface area contributed by atoms with Gasteiger partial charge in [-0.3, -0.25) is 4.79 Å². The molecule has 1 aliphatic heterocycles. The lowest BCUT2D eigenvalue weighted by Gasteiger charge is -2.35. The number of fused-ring (bicyclic) bond motifs is 1. The molecule has 0 spiro atoms. The summed E-state index contributed by atoms with van der Waals surface area (Å²) in [6.45, 7) is -1.39. The Hall–Kier alpha value is -4.00. The maximum Gasteiger partial charge on any atom is 0.416 e. The van der Waals surface area contributed by atoms with Crippen LogP contribution in [0.25, 0.3) is 0 Å². The normalized spacial score (nSPS) is 14.7. The molecule has 0 bridgehead atoms. The maximum absolute atomic E-state index is 13.7. The molecule has 3 aromatic carbocycles. The van der Waals surface area contributed by atoms with Gasteiger partial charge >= 0.3 is 24.3 Å². The lowest BCUT2D eigenvalue weighted by Crippen LogP contribution is -2.46. The van der Waals surface area contributed by atoms with Gasteiger partial charge in [-0.1, -0.05) is 12.1 Å². The Morgan fingerprint density at radius 2 is 1.32 bits per heavy atom. The number of ketones is 1. The van der Waals surface area contributed by atoms with Crippen molar-refractivity contribution in [3.8, 4) is 5.75 Å². The SMILES string of the molecule is COc1ccc2c(c1)C(=O)C(COC(=O)c1cccc(C(F)(F)F)c1)(COC(=O)c1cccc(C(F)(F)F)c1)CS2. The number of alkyl halides is 6. The molecule has 0 atom stereocenters. The van der Waals surface area contributed by atoms with Crippen LogP contribution >= 0.6 is 11.8 Å². The van der Waals surface area contributed by atoms with Gasteiger partial charge in [0.2, 0.25) is 0 Å². The van der Waals surface area contributed by atoms with Crippen LogP contribution in [0.15, 0.2) is 71.6 Å². The molecule has 0 amide bonds. The van der Waals surface area contributed by atoms with Gasteiger partial charge < -0.3 is 14.2 Å². The van der Waals surface area contributed by atoms with E-state index in [1.54, 1.807) is 12.1 Å². The average Bonchev–Trinajstić information content (AvgIpc) is 2.95. The predicted octanol–water partition coefficient (Wildman–Crippen LogP) is 6.72. The topological polar surface area (TPSA) is 78.9 Å². The van der Waals surface area contributed by atoms with Gasteiger partial charge in [0.25, 0.3) is 0 Å². The Bertz CT molecular complexity index is 1410. The molecule has 0 fully saturated rings. The predicted molar refractivity (Wildman–Crippen MR) is 134 cm³/mol. The molecule has 1 aliphatic rings. The zero-order valence-electron chi connectivity index (χ0n) is 21.1. The molecule has 41 heavy (non-hydrogen) atoms. The highest BCUT2D eigenvalue weighted by Crippen LogP contribution is 2.42. The Labute approximate surface area is 233 Å². The number of ether oxygens (including phenoxy) is 3. The first-order chi connectivity index (χ1) is 19.2. The van der Waals surface area contributed by atoms with Gasteiger partial charge in [-0.2, -0.15) is 26.3 Å². The van der Waals surface area contributed by atoms with Crippen molar-refractivity contribution in [3.63, 3.8) is 0 Å². The smallest absolute Gasteiger partial charge is 0.416 e. The Kier molecular flexibility index (Phi) is 8.39. The second-order valence-electron chi connectivity index (χ2n) is 9.07. The highest BCUT2D eigenvalue weighted by Gasteiger charge is 2.46. The molecule has 0 aromatic heterocycles. The lowest BCUT2D eigenvalue weighted by atomic mass is 9.82. The van der Waals surface area contributed by atoms with E-state index in [1.807, 2.05) is 0 Å². The second-order valence-corrected chi connectivity index (χ2v) is 10.1. The summed E-state index contributed by atoms with van der Waals surface area (Å²) >= 11 is 1.17. The Balaban J connectivity index is 1.61. The van der Waals surface area contributed by atoms with Crippen LogP contribution in [-0.4, -0.2) is 43.8 Å². The minimum absolute atomic E-state index is 0.0725. The third kappa shape index (κ3) is 6.67. The second kappa shape index (κ2) is 11.5. The van der Waals surface area contributed by atoms with Gasteiger partial charge in [0.05, 0.1) is 29.4 Å². The van der Waals surface area contributed by atoms with E-state index in [1.165, 1.54) is 24.9 Å². The highest BCUT2D eigenvalue weighted by molar-refractivity contribution is 7.99. The van der Waals surface area contributed by atoms with Crippen LogP contribution in [-0.2, 0) is 21.8 Å². The first-order valence-corrected chi connectivity index (χ1v) is 12.8. The molecule has 0 unspecified atom stereocenters. The molecule has 3 aromatic rings. The first-order valence-electron chi connectivity index (χ1n) is 11.8. The van der Waals surface area contributed by atoms with Crippen LogP contribution < -0.4 is 4.74 Å². The van der Waals surface area contributed by atoms with Gasteiger partial charge in [0, 0.05) is 16.2 Å². The standard InChI is InChI=1S/C28H20F6O6S/c1-38-20-8-9-22-21(12-20)23(35)26(15-41-22,13-39-24(36)16-4-2-6-18(10-16)27(29,30)31)14-40-25(37)17-5-3-7-19(11-17)28(32,33)34/h2-12H,13-15H2,1H3. The fourth-order valence-corrected chi connectivity index (χ4v) is 5.18. The number of carbonyl (C=O) groups is 3. The molecule has 216 valence electrons. The molecule has 6 nitrogen and oxygen atoms in total. The Morgan fingerprint density at radius 1 is 0.805 bits per heavy atom. The van der Waals surface area contributed by atoms with Gasteiger partial charge in [-0.05, 0) is 54.6 Å². The first kappa shape index (κ1) is 30.0. The zero-order chi connectivity index (χ0) is 30.0. The summed E-state index contributed by atoms with van der Waals surface area (Å²) in [7, 11) is 1.38. The van der Waals surface area contributed by atoms with E-state index < -0.39 is 71.0 Å². The van der Waals surface area contributed by atoms with E-state index in [0.29, 0.717) is 22.8 Å². The van der Waals surface area contributed by atoms with Gasteiger partial charge in [0.1, 0.15) is 24.4 Å². The maximum atomic E-state index is 13.7. The highest BCUT2D eigenvalue weighted by atomic mass is 32.2. The van der Waals surface area contributed by atoms with E-state index >= 15 is 0 Å². The van der Waals surface area contributed by atoms with Crippen molar-refractivity contribution >= 4 is 29.5 Å². The molecular weight excluding hydrogens is 578 g/mol. The van der Waals surface area contributed by atoms with Gasteiger partial charge in [0.15, 0.2) is 5.78 Å². The quantitative estimate of drug-likeness (QED) is 0.221. The number of Topliss-reactive ketones (excluding diaryl/α,β-unsaturated/α-hetero) is 1. The number of carbonyl (C=O) groups excluding carboxylic acids is 3. The van der Waals surface area contributed by atoms with Crippen LogP contribution in [0.1, 0.15) is 42.2 Å². The van der Waals surface area contributed by atoms with Crippen molar-refractivity contribution in [2.45, 2.75) is 17.2 Å². The summed E-state index contributed by atoms with van der Waals surface area (Å²) in [5.74, 6) is -2.67. The summed E-state index contributed by atoms with van der Waals surface area (Å²) in [5.41, 5.74) is -4.56. The molecule has 0 aliphatic carbocycles. The summed E-state index contributed by atoms with van der Waals surface area (Å²) in [6, 6.07) is 11.7. The molecule has 0 saturated heterocycles. The van der Waals surface area contributed by atoms with E-state index in [0.717, 1.165) is 36.4 Å². The monoisotopic (exact) mass is 598 g/mol. The van der Waals surface area contributed by atoms with Crippen LogP contribution in [0.3, 0.4) is 0 Å². The number of thioether (sulfide) groups is 1. The molecule has 0 radical (unpaired) electrons. The molecule has 1 heterocycles. The van der Waals surface area contributed by atoms with Crippen LogP contribution in [0, 0.1) is 5.41 Å². The van der Waals surface area contributed by atoms with Crippen LogP contribution in [0.2, 0.25) is 0 Å². The minimum Gasteiger partial charge on any atom is -0.497 e. The number of hydrogen-bond acceptors (Lipinski definition) is 7. The number of hydrogen-bond donors (Lipinski definition) is 0. The van der Waals surface area contributed by atoms with E-state index in [2.05, 4.69) is 0 Å². The van der Waals surface area contributed by atoms with Gasteiger partial charge in [-0.25, -0.2) is 9.59 Å². The van der Waals surface area contributed by atoms with E-state index in [4.69, 9.17) is 14.2 Å². The molecule has 0 N–H and O–H groups in total. The van der Waals surface area contributed by atoms with Crippen molar-refractivity contribution in [3.05, 3.63) is 94.5 Å². The zero-order valence-corrected chi connectivity index (χ0v) is 21.9. The molecule has 0 saturated carbocycles. The number of methoxy groups -OCH3 is 1. The van der Waals surface area contributed by atoms with Crippen molar-refractivity contribution in [1.29, 1.82) is 0 Å². The minimum atomic E-state index is -4.71. The van der Waals surface area contributed by atoms with Gasteiger partial charge in [-0.15, -0.1) is 11.8 Å². The number of halogens is 6. The Morgan fingerprint density at radius 3 is 1.78 bits per heavy atom. The third-order valence-electron chi connectivity index (χ3n) is 6.23. The molecular formula is C28H20F6O6S. The largest absolute Gasteiger partial charge is 0.497 e. The van der Waals surface area contributed by atoms with Crippen molar-refractivity contribution in [2.75, 3.05) is 26.1 Å². The number of benzene rings is 3. The summed E-state index contributed by atoms with van der Waals surface area (Å²) < 4.78 is 94.4. The van der Waals surface area contributed by atoms with E-state index in [-0.39, 0.29) is 11.3 Å². The van der Waals surface area contributed by atoms with Crippen molar-refractivity contribution in [1.82, 2.24) is 0 Å². The fraction of sp³-hybridized carbons (Fsp3) is 0.250. The number of rotatable bonds is 7. The van der Waals surface area contributed by atoms with Crippen LogP contribution in [0.4, 0.5) is 26.3 Å². The summed E-state index contributed by atoms with van der Waals surface area (Å²) in [6.07, 6.45) is -9.43. The fourth-order valence-electron chi connectivity index (χ4n) is 3.98. The van der Waals surface area contributed by atoms with Crippen molar-refractivity contribution in [2.24, 2.45) is 5.41 Å². The average molecular weight is 599 g/mol. The summed E-state index contributed by atoms with van der Waals surface area (Å²) in [4.78, 5) is 39.7. The molecule has 4 rings (SSSR count). The summed E-state index contributed by atoms with van der Waals surface area (Å²) in [5, 5.41) is 0. The lowest BCUT2D eigenvalue weighted by molar-refractivity contribution is -0.138. The molecule has 13 heteroatoms. The number of esters is 2. The van der Waals surface area contributed by atoms with E-state index in [9.17, 15) is 40.7 Å². The van der Waals surface area contributed by atoms with Crippen LogP contribution in [0.5, 0.6) is 5.75 Å².